The normalized spacial score (nSPS) is 18.4. The van der Waals surface area contributed by atoms with E-state index in [9.17, 15) is 0 Å². The molecule has 0 atom stereocenters. The minimum absolute atomic E-state index is 1.07. The third-order valence-corrected chi connectivity index (χ3v) is 2.80. The molecular weight excluding hydrogens is 166 g/mol. The van der Waals surface area contributed by atoms with Crippen LogP contribution in [-0.2, 0) is 12.8 Å². The van der Waals surface area contributed by atoms with E-state index in [1.807, 2.05) is 0 Å². The Morgan fingerprint density at radius 2 is 1.50 bits per heavy atom. The molecule has 2 rings (SSSR count). The van der Waals surface area contributed by atoms with Crippen molar-refractivity contribution in [2.45, 2.75) is 12.8 Å². The van der Waals surface area contributed by atoms with Gasteiger partial charge in [0.25, 0.3) is 0 Å². The Kier molecular flexibility index (Phi) is 2.38. The molecule has 1 aliphatic heterocycles. The highest BCUT2D eigenvalue weighted by molar-refractivity contribution is 7.77. The van der Waals surface area contributed by atoms with Gasteiger partial charge in [-0.25, -0.2) is 0 Å². The summed E-state index contributed by atoms with van der Waals surface area (Å²) in [6.45, 7) is 2.14. The average Bonchev–Trinajstić information content (AvgIpc) is 2.29. The lowest BCUT2D eigenvalue weighted by atomic mass is 10.0. The zero-order valence-electron chi connectivity index (χ0n) is 7.03. The highest BCUT2D eigenvalue weighted by Crippen LogP contribution is 2.15. The third-order valence-electron chi connectivity index (χ3n) is 2.40. The minimum atomic E-state index is 1.07. The molecule has 0 N–H and O–H groups in total. The molecule has 1 nitrogen and oxygen atoms in total. The van der Waals surface area contributed by atoms with Crippen LogP contribution in [0, 0.1) is 0 Å². The molecule has 1 aromatic rings. The van der Waals surface area contributed by atoms with E-state index in [1.54, 1.807) is 0 Å². The summed E-state index contributed by atoms with van der Waals surface area (Å²) in [6, 6.07) is 8.69. The summed E-state index contributed by atoms with van der Waals surface area (Å²) >= 11 is 4.37. The quantitative estimate of drug-likeness (QED) is 0.596. The van der Waals surface area contributed by atoms with Crippen LogP contribution in [0.5, 0.6) is 0 Å². The molecule has 0 saturated carbocycles. The van der Waals surface area contributed by atoms with Crippen molar-refractivity contribution >= 4 is 12.8 Å². The van der Waals surface area contributed by atoms with Gasteiger partial charge in [0.05, 0.1) is 0 Å². The van der Waals surface area contributed by atoms with Crippen LogP contribution in [0.25, 0.3) is 0 Å². The van der Waals surface area contributed by atoms with Crippen molar-refractivity contribution < 1.29 is 0 Å². The van der Waals surface area contributed by atoms with Crippen LogP contribution in [-0.4, -0.2) is 17.4 Å². The van der Waals surface area contributed by atoms with E-state index in [1.165, 1.54) is 11.1 Å². The molecule has 1 aliphatic rings. The van der Waals surface area contributed by atoms with E-state index in [2.05, 4.69) is 41.4 Å². The second-order valence-electron chi connectivity index (χ2n) is 3.22. The number of benzene rings is 1. The Morgan fingerprint density at radius 3 is 2.00 bits per heavy atom. The summed E-state index contributed by atoms with van der Waals surface area (Å²) in [7, 11) is 0. The molecule has 1 heterocycles. The van der Waals surface area contributed by atoms with Gasteiger partial charge in [0.15, 0.2) is 0 Å². The Bertz CT molecular complexity index is 245. The van der Waals surface area contributed by atoms with Crippen LogP contribution in [0.3, 0.4) is 0 Å². The molecule has 2 heteroatoms. The maximum atomic E-state index is 4.37. The topological polar surface area (TPSA) is 3.24 Å². The van der Waals surface area contributed by atoms with E-state index >= 15 is 0 Å². The van der Waals surface area contributed by atoms with Crippen LogP contribution in [0.4, 0.5) is 0 Å². The maximum absolute atomic E-state index is 4.37. The fraction of sp³-hybridized carbons (Fsp3) is 0.400. The van der Waals surface area contributed by atoms with E-state index in [0.29, 0.717) is 0 Å². The second-order valence-corrected chi connectivity index (χ2v) is 3.79. The minimum Gasteiger partial charge on any atom is -0.253 e. The van der Waals surface area contributed by atoms with Gasteiger partial charge < -0.3 is 0 Å². The lowest BCUT2D eigenvalue weighted by Crippen LogP contribution is -2.14. The van der Waals surface area contributed by atoms with Crippen LogP contribution < -0.4 is 0 Å². The molecule has 0 spiro atoms. The van der Waals surface area contributed by atoms with Crippen molar-refractivity contribution in [2.24, 2.45) is 0 Å². The lowest BCUT2D eigenvalue weighted by Gasteiger charge is -2.09. The smallest absolute Gasteiger partial charge is 0.0128 e. The largest absolute Gasteiger partial charge is 0.253 e. The second kappa shape index (κ2) is 3.50. The van der Waals surface area contributed by atoms with Gasteiger partial charge in [-0.05, 0) is 24.0 Å². The van der Waals surface area contributed by atoms with Gasteiger partial charge >= 0.3 is 0 Å². The summed E-state index contributed by atoms with van der Waals surface area (Å²) in [5, 5.41) is 0. The van der Waals surface area contributed by atoms with Crippen molar-refractivity contribution in [3.63, 3.8) is 0 Å². The number of fused-ring (bicyclic) bond motifs is 1. The predicted octanol–water partition coefficient (Wildman–Crippen LogP) is 1.93. The number of hydrogen-bond donors (Lipinski definition) is 1. The van der Waals surface area contributed by atoms with Gasteiger partial charge in [0.1, 0.15) is 0 Å². The van der Waals surface area contributed by atoms with E-state index in [4.69, 9.17) is 0 Å². The lowest BCUT2D eigenvalue weighted by molar-refractivity contribution is 0.500. The molecule has 12 heavy (non-hydrogen) atoms. The van der Waals surface area contributed by atoms with Gasteiger partial charge in [-0.15, -0.1) is 0 Å². The Morgan fingerprint density at radius 1 is 1.00 bits per heavy atom. The number of rotatable bonds is 0. The highest BCUT2D eigenvalue weighted by Gasteiger charge is 2.09. The summed E-state index contributed by atoms with van der Waals surface area (Å²) < 4.78 is 2.10. The van der Waals surface area contributed by atoms with E-state index in [0.717, 1.165) is 25.9 Å². The maximum Gasteiger partial charge on any atom is 0.0128 e. The summed E-state index contributed by atoms with van der Waals surface area (Å²) in [5.74, 6) is 0. The molecule has 0 bridgehead atoms. The molecule has 0 aliphatic carbocycles. The number of thiol groups is 1. The Labute approximate surface area is 78.9 Å². The van der Waals surface area contributed by atoms with E-state index < -0.39 is 0 Å². The van der Waals surface area contributed by atoms with Crippen LogP contribution in [0.1, 0.15) is 11.1 Å². The summed E-state index contributed by atoms with van der Waals surface area (Å²) in [4.78, 5) is 0. The molecule has 0 amide bonds. The molecule has 0 radical (unpaired) electrons. The number of hydrogen-bond acceptors (Lipinski definition) is 2. The Hall–Kier alpha value is -0.470. The first-order valence-corrected chi connectivity index (χ1v) is 4.77. The molecule has 0 unspecified atom stereocenters. The predicted molar refractivity (Wildman–Crippen MR) is 54.4 cm³/mol. The van der Waals surface area contributed by atoms with Gasteiger partial charge in [-0.3, -0.25) is 4.31 Å². The van der Waals surface area contributed by atoms with Gasteiger partial charge in [0.2, 0.25) is 0 Å². The molecule has 0 fully saturated rings. The van der Waals surface area contributed by atoms with Gasteiger partial charge in [-0.1, -0.05) is 37.1 Å². The van der Waals surface area contributed by atoms with E-state index in [-0.39, 0.29) is 0 Å². The molecule has 64 valence electrons. The highest BCUT2D eigenvalue weighted by atomic mass is 32.1. The first-order chi connectivity index (χ1) is 5.86. The Balaban J connectivity index is 2.26. The van der Waals surface area contributed by atoms with Crippen molar-refractivity contribution in [3.8, 4) is 0 Å². The molecule has 0 saturated heterocycles. The zero-order valence-corrected chi connectivity index (χ0v) is 7.93. The van der Waals surface area contributed by atoms with Crippen molar-refractivity contribution in [1.82, 2.24) is 4.31 Å². The first kappa shape index (κ1) is 8.14. The third kappa shape index (κ3) is 1.65. The zero-order chi connectivity index (χ0) is 8.39. The first-order valence-electron chi connectivity index (χ1n) is 4.37. The van der Waals surface area contributed by atoms with Crippen LogP contribution in [0.2, 0.25) is 0 Å². The fourth-order valence-electron chi connectivity index (χ4n) is 1.66. The van der Waals surface area contributed by atoms with Gasteiger partial charge in [-0.2, -0.15) is 0 Å². The number of nitrogens with zero attached hydrogens (tertiary/aromatic N) is 1. The standard InChI is InChI=1S/C10H13NS/c12-11-7-5-9-3-1-2-4-10(9)6-8-11/h1-4,12H,5-8H2. The average molecular weight is 179 g/mol. The SMILES string of the molecule is SN1CCc2ccccc2CC1. The van der Waals surface area contributed by atoms with Crippen LogP contribution in [0.15, 0.2) is 24.3 Å². The van der Waals surface area contributed by atoms with Crippen molar-refractivity contribution in [3.05, 3.63) is 35.4 Å². The monoisotopic (exact) mass is 179 g/mol. The summed E-state index contributed by atoms with van der Waals surface area (Å²) in [5.41, 5.74) is 2.99. The van der Waals surface area contributed by atoms with Crippen molar-refractivity contribution in [1.29, 1.82) is 0 Å². The molecule has 1 aromatic carbocycles. The summed E-state index contributed by atoms with van der Waals surface area (Å²) in [6.07, 6.45) is 2.28. The fourth-order valence-corrected chi connectivity index (χ4v) is 1.86. The van der Waals surface area contributed by atoms with Crippen molar-refractivity contribution in [2.75, 3.05) is 13.1 Å². The molecular formula is C10H13NS. The van der Waals surface area contributed by atoms with Gasteiger partial charge in [0, 0.05) is 13.1 Å². The molecule has 0 aromatic heterocycles. The van der Waals surface area contributed by atoms with Crippen LogP contribution >= 0.6 is 12.8 Å².